The van der Waals surface area contributed by atoms with Crippen LogP contribution in [0.15, 0.2) is 12.4 Å². The Kier molecular flexibility index (Phi) is 4.21. The molecule has 114 valence electrons. The zero-order valence-electron chi connectivity index (χ0n) is 12.4. The normalized spacial score (nSPS) is 20.7. The number of anilines is 1. The van der Waals surface area contributed by atoms with E-state index in [4.69, 9.17) is 0 Å². The van der Waals surface area contributed by atoms with Gasteiger partial charge in [0.1, 0.15) is 17.8 Å². The Hall–Kier alpha value is -1.47. The Bertz CT molecular complexity index is 596. The Morgan fingerprint density at radius 3 is 3.05 bits per heavy atom. The van der Waals surface area contributed by atoms with E-state index in [9.17, 15) is 5.11 Å². The average Bonchev–Trinajstić information content (AvgIpc) is 3.15. The van der Waals surface area contributed by atoms with Crippen molar-refractivity contribution in [1.82, 2.24) is 18.9 Å². The highest BCUT2D eigenvalue weighted by molar-refractivity contribution is 7.09. The van der Waals surface area contributed by atoms with Gasteiger partial charge in [0.25, 0.3) is 0 Å². The Labute approximate surface area is 128 Å². The maximum Gasteiger partial charge on any atom is 0.205 e. The fraction of sp³-hybridized carbons (Fsp3) is 0.643. The van der Waals surface area contributed by atoms with Crippen molar-refractivity contribution in [2.75, 3.05) is 18.0 Å². The lowest BCUT2D eigenvalue weighted by molar-refractivity contribution is 0.0875. The first-order valence-electron chi connectivity index (χ1n) is 7.42. The summed E-state index contributed by atoms with van der Waals surface area (Å²) in [5.74, 6) is 1.84. The van der Waals surface area contributed by atoms with Crippen LogP contribution in [0.3, 0.4) is 0 Å². The molecule has 1 aliphatic rings. The lowest BCUT2D eigenvalue weighted by Crippen LogP contribution is -2.38. The van der Waals surface area contributed by atoms with Crippen molar-refractivity contribution in [3.05, 3.63) is 24.0 Å². The van der Waals surface area contributed by atoms with Crippen LogP contribution in [-0.4, -0.2) is 37.1 Å². The molecular weight excluding hydrogens is 286 g/mol. The lowest BCUT2D eigenvalue weighted by atomic mass is 9.92. The van der Waals surface area contributed by atoms with Crippen molar-refractivity contribution < 1.29 is 5.11 Å². The fourth-order valence-corrected chi connectivity index (χ4v) is 3.62. The summed E-state index contributed by atoms with van der Waals surface area (Å²) in [6.07, 6.45) is 6.03. The Morgan fingerprint density at radius 1 is 1.52 bits per heavy atom. The number of imidazole rings is 1. The first-order valence-corrected chi connectivity index (χ1v) is 8.19. The molecule has 3 heterocycles. The molecule has 0 aliphatic carbocycles. The molecule has 2 unspecified atom stereocenters. The second-order valence-electron chi connectivity index (χ2n) is 5.54. The number of nitrogens with zero attached hydrogens (tertiary/aromatic N) is 5. The third-order valence-electron chi connectivity index (χ3n) is 4.07. The van der Waals surface area contributed by atoms with Gasteiger partial charge in [0.2, 0.25) is 5.13 Å². The first-order chi connectivity index (χ1) is 10.2. The van der Waals surface area contributed by atoms with Gasteiger partial charge in [0.15, 0.2) is 0 Å². The standard InChI is InChI=1S/C14H21N5OS/c1-3-11-16-14(21-17-11)19-7-4-5-10(9-19)12(20)13-15-6-8-18(13)2/h6,8,10,12,20H,3-5,7,9H2,1-2H3. The molecule has 0 bridgehead atoms. The van der Waals surface area contributed by atoms with Gasteiger partial charge in [-0.15, -0.1) is 0 Å². The van der Waals surface area contributed by atoms with Gasteiger partial charge in [-0.05, 0) is 12.8 Å². The molecule has 2 atom stereocenters. The third kappa shape index (κ3) is 2.94. The van der Waals surface area contributed by atoms with Gasteiger partial charge in [-0.1, -0.05) is 6.92 Å². The number of rotatable bonds is 4. The van der Waals surface area contributed by atoms with Gasteiger partial charge < -0.3 is 14.6 Å². The zero-order valence-corrected chi connectivity index (χ0v) is 13.3. The highest BCUT2D eigenvalue weighted by atomic mass is 32.1. The molecule has 1 saturated heterocycles. The molecule has 2 aromatic rings. The summed E-state index contributed by atoms with van der Waals surface area (Å²) in [5, 5.41) is 11.6. The van der Waals surface area contributed by atoms with Crippen LogP contribution in [0.2, 0.25) is 0 Å². The van der Waals surface area contributed by atoms with E-state index in [0.717, 1.165) is 49.1 Å². The van der Waals surface area contributed by atoms with E-state index in [1.165, 1.54) is 11.5 Å². The molecule has 2 aromatic heterocycles. The second-order valence-corrected chi connectivity index (χ2v) is 6.27. The summed E-state index contributed by atoms with van der Waals surface area (Å²) >= 11 is 1.46. The predicted octanol–water partition coefficient (Wildman–Crippen LogP) is 1.78. The predicted molar refractivity (Wildman–Crippen MR) is 82.4 cm³/mol. The highest BCUT2D eigenvalue weighted by Gasteiger charge is 2.30. The quantitative estimate of drug-likeness (QED) is 0.932. The number of hydrogen-bond acceptors (Lipinski definition) is 6. The van der Waals surface area contributed by atoms with Crippen molar-refractivity contribution in [3.8, 4) is 0 Å². The molecule has 1 aliphatic heterocycles. The Morgan fingerprint density at radius 2 is 2.38 bits per heavy atom. The molecule has 21 heavy (non-hydrogen) atoms. The number of aliphatic hydroxyl groups is 1. The van der Waals surface area contributed by atoms with E-state index in [-0.39, 0.29) is 5.92 Å². The third-order valence-corrected chi connectivity index (χ3v) is 4.89. The molecule has 3 rings (SSSR count). The fourth-order valence-electron chi connectivity index (χ4n) is 2.83. The highest BCUT2D eigenvalue weighted by Crippen LogP contribution is 2.31. The molecule has 0 saturated carbocycles. The minimum absolute atomic E-state index is 0.189. The van der Waals surface area contributed by atoms with Gasteiger partial charge in [0, 0.05) is 56.4 Å². The van der Waals surface area contributed by atoms with E-state index < -0.39 is 6.10 Å². The second kappa shape index (κ2) is 6.11. The number of piperidine rings is 1. The summed E-state index contributed by atoms with van der Waals surface area (Å²) in [6.45, 7) is 3.87. The van der Waals surface area contributed by atoms with E-state index in [0.29, 0.717) is 0 Å². The van der Waals surface area contributed by atoms with Crippen molar-refractivity contribution >= 4 is 16.7 Å². The first kappa shape index (κ1) is 14.5. The SMILES string of the molecule is CCc1nsc(N2CCCC(C(O)c3nccn3C)C2)n1. The summed E-state index contributed by atoms with van der Waals surface area (Å²) in [7, 11) is 1.92. The average molecular weight is 307 g/mol. The van der Waals surface area contributed by atoms with Crippen molar-refractivity contribution in [2.24, 2.45) is 13.0 Å². The molecule has 0 aromatic carbocycles. The van der Waals surface area contributed by atoms with Crippen LogP contribution in [0.25, 0.3) is 0 Å². The van der Waals surface area contributed by atoms with Crippen molar-refractivity contribution in [1.29, 1.82) is 0 Å². The summed E-state index contributed by atoms with van der Waals surface area (Å²) < 4.78 is 6.25. The number of hydrogen-bond donors (Lipinski definition) is 1. The van der Waals surface area contributed by atoms with E-state index in [1.807, 2.05) is 17.8 Å². The molecule has 7 heteroatoms. The van der Waals surface area contributed by atoms with Gasteiger partial charge in [-0.2, -0.15) is 4.37 Å². The van der Waals surface area contributed by atoms with Crippen LogP contribution < -0.4 is 4.90 Å². The zero-order chi connectivity index (χ0) is 14.8. The van der Waals surface area contributed by atoms with Crippen LogP contribution >= 0.6 is 11.5 Å². The van der Waals surface area contributed by atoms with E-state index >= 15 is 0 Å². The van der Waals surface area contributed by atoms with Gasteiger partial charge in [-0.3, -0.25) is 0 Å². The molecular formula is C14H21N5OS. The number of aliphatic hydroxyl groups excluding tert-OH is 1. The van der Waals surface area contributed by atoms with Gasteiger partial charge in [-0.25, -0.2) is 9.97 Å². The lowest BCUT2D eigenvalue weighted by Gasteiger charge is -2.34. The maximum atomic E-state index is 10.6. The summed E-state index contributed by atoms with van der Waals surface area (Å²) in [4.78, 5) is 11.1. The molecule has 0 radical (unpaired) electrons. The minimum Gasteiger partial charge on any atom is -0.385 e. The maximum absolute atomic E-state index is 10.6. The molecule has 6 nitrogen and oxygen atoms in total. The van der Waals surface area contributed by atoms with Crippen LogP contribution in [0, 0.1) is 5.92 Å². The van der Waals surface area contributed by atoms with Crippen molar-refractivity contribution in [3.63, 3.8) is 0 Å². The summed E-state index contributed by atoms with van der Waals surface area (Å²) in [6, 6.07) is 0. The summed E-state index contributed by atoms with van der Waals surface area (Å²) in [5.41, 5.74) is 0. The van der Waals surface area contributed by atoms with E-state index in [2.05, 4.69) is 26.2 Å². The molecule has 1 N–H and O–H groups in total. The minimum atomic E-state index is -0.522. The smallest absolute Gasteiger partial charge is 0.205 e. The van der Waals surface area contributed by atoms with Gasteiger partial charge >= 0.3 is 0 Å². The van der Waals surface area contributed by atoms with Crippen LogP contribution in [0.4, 0.5) is 5.13 Å². The van der Waals surface area contributed by atoms with E-state index in [1.54, 1.807) is 6.20 Å². The van der Waals surface area contributed by atoms with Crippen molar-refractivity contribution in [2.45, 2.75) is 32.3 Å². The van der Waals surface area contributed by atoms with Crippen LogP contribution in [0.1, 0.15) is 37.5 Å². The number of aryl methyl sites for hydroxylation is 2. The number of aromatic nitrogens is 4. The molecule has 1 fully saturated rings. The van der Waals surface area contributed by atoms with Crippen LogP contribution in [0.5, 0.6) is 0 Å². The molecule has 0 amide bonds. The van der Waals surface area contributed by atoms with Crippen LogP contribution in [-0.2, 0) is 13.5 Å². The van der Waals surface area contributed by atoms with Gasteiger partial charge in [0.05, 0.1) is 0 Å². The molecule has 0 spiro atoms. The monoisotopic (exact) mass is 307 g/mol. The Balaban J connectivity index is 1.72. The topological polar surface area (TPSA) is 67.1 Å². The largest absolute Gasteiger partial charge is 0.385 e.